The fourth-order valence-corrected chi connectivity index (χ4v) is 2.62. The molecule has 1 aromatic carbocycles. The average molecular weight is 349 g/mol. The van der Waals surface area contributed by atoms with Crippen LogP contribution in [0.25, 0.3) is 6.08 Å². The predicted octanol–water partition coefficient (Wildman–Crippen LogP) is 2.74. The summed E-state index contributed by atoms with van der Waals surface area (Å²) in [5.74, 6) is 0.484. The molecule has 1 saturated heterocycles. The molecule has 1 fully saturated rings. The highest BCUT2D eigenvalue weighted by molar-refractivity contribution is 7.80. The third kappa shape index (κ3) is 3.63. The van der Waals surface area contributed by atoms with Crippen molar-refractivity contribution in [2.45, 2.75) is 38.9 Å². The molecule has 5 nitrogen and oxygen atoms in total. The van der Waals surface area contributed by atoms with Gasteiger partial charge in [-0.1, -0.05) is 12.1 Å². The number of benzene rings is 1. The lowest BCUT2D eigenvalue weighted by Crippen LogP contribution is -2.41. The topological polar surface area (TPSA) is 70.8 Å². The number of nitrogens with two attached hydrogens (primary N) is 1. The summed E-state index contributed by atoms with van der Waals surface area (Å²) in [5, 5.41) is 0. The number of carbonyl (C=O) groups is 1. The van der Waals surface area contributed by atoms with Crippen molar-refractivity contribution in [2.75, 3.05) is 12.9 Å². The second-order valence-electron chi connectivity index (χ2n) is 6.78. The SMILES string of the molecule is COc1ccc(C=C(CS)B2OC(C)(C)C(C)(C)O2)c(C(N)=O)c1. The molecule has 1 aromatic rings. The average Bonchev–Trinajstić information content (AvgIpc) is 2.72. The van der Waals surface area contributed by atoms with Gasteiger partial charge in [-0.2, -0.15) is 12.6 Å². The second kappa shape index (κ2) is 6.82. The van der Waals surface area contributed by atoms with Gasteiger partial charge in [0, 0.05) is 11.3 Å². The largest absolute Gasteiger partial charge is 0.497 e. The van der Waals surface area contributed by atoms with Crippen LogP contribution in [0, 0.1) is 0 Å². The van der Waals surface area contributed by atoms with E-state index in [0.717, 1.165) is 5.47 Å². The number of primary amides is 1. The highest BCUT2D eigenvalue weighted by Gasteiger charge is 2.52. The van der Waals surface area contributed by atoms with Gasteiger partial charge in [-0.05, 0) is 50.9 Å². The molecule has 1 heterocycles. The van der Waals surface area contributed by atoms with Crippen LogP contribution in [-0.4, -0.2) is 37.1 Å². The van der Waals surface area contributed by atoms with E-state index in [9.17, 15) is 4.79 Å². The zero-order valence-electron chi connectivity index (χ0n) is 14.8. The van der Waals surface area contributed by atoms with E-state index < -0.39 is 24.2 Å². The first-order valence-electron chi connectivity index (χ1n) is 7.76. The van der Waals surface area contributed by atoms with Crippen molar-refractivity contribution >= 4 is 31.7 Å². The van der Waals surface area contributed by atoms with Gasteiger partial charge < -0.3 is 19.8 Å². The van der Waals surface area contributed by atoms with E-state index >= 15 is 0 Å². The van der Waals surface area contributed by atoms with Crippen molar-refractivity contribution in [1.82, 2.24) is 0 Å². The van der Waals surface area contributed by atoms with E-state index in [-0.39, 0.29) is 0 Å². The first-order chi connectivity index (χ1) is 11.1. The Bertz CT molecular complexity index is 657. The third-order valence-corrected chi connectivity index (χ3v) is 4.97. The summed E-state index contributed by atoms with van der Waals surface area (Å²) < 4.78 is 17.3. The zero-order valence-corrected chi connectivity index (χ0v) is 15.6. The molecular weight excluding hydrogens is 325 g/mol. The van der Waals surface area contributed by atoms with Gasteiger partial charge in [-0.25, -0.2) is 0 Å². The molecule has 0 spiro atoms. The Morgan fingerprint density at radius 3 is 2.33 bits per heavy atom. The number of amides is 1. The lowest BCUT2D eigenvalue weighted by molar-refractivity contribution is 0.00578. The molecule has 0 radical (unpaired) electrons. The van der Waals surface area contributed by atoms with Crippen LogP contribution in [0.3, 0.4) is 0 Å². The van der Waals surface area contributed by atoms with E-state index in [1.807, 2.05) is 33.8 Å². The molecule has 1 aliphatic rings. The fraction of sp³-hybridized carbons (Fsp3) is 0.471. The molecule has 7 heteroatoms. The van der Waals surface area contributed by atoms with Gasteiger partial charge in [0.1, 0.15) is 5.75 Å². The Hall–Kier alpha value is -1.44. The molecule has 0 aromatic heterocycles. The molecule has 2 N–H and O–H groups in total. The molecular formula is C17H24BNO4S. The molecule has 2 rings (SSSR count). The first-order valence-corrected chi connectivity index (χ1v) is 8.39. The molecule has 1 amide bonds. The summed E-state index contributed by atoms with van der Waals surface area (Å²) >= 11 is 4.39. The normalized spacial score (nSPS) is 19.4. The molecule has 0 atom stereocenters. The highest BCUT2D eigenvalue weighted by atomic mass is 32.1. The van der Waals surface area contributed by atoms with Crippen LogP contribution in [0.2, 0.25) is 0 Å². The quantitative estimate of drug-likeness (QED) is 0.633. The van der Waals surface area contributed by atoms with Gasteiger partial charge in [-0.3, -0.25) is 4.79 Å². The lowest BCUT2D eigenvalue weighted by Gasteiger charge is -2.32. The Morgan fingerprint density at radius 1 is 1.29 bits per heavy atom. The predicted molar refractivity (Wildman–Crippen MR) is 99.4 cm³/mol. The van der Waals surface area contributed by atoms with Crippen LogP contribution < -0.4 is 10.5 Å². The van der Waals surface area contributed by atoms with E-state index in [0.29, 0.717) is 22.6 Å². The summed E-state index contributed by atoms with van der Waals surface area (Å²) in [6.45, 7) is 7.97. The monoisotopic (exact) mass is 349 g/mol. The summed E-state index contributed by atoms with van der Waals surface area (Å²) in [6.07, 6.45) is 1.84. The minimum absolute atomic E-state index is 0.380. The molecule has 0 bridgehead atoms. The minimum atomic E-state index is -0.521. The fourth-order valence-electron chi connectivity index (χ4n) is 2.38. The molecule has 1 aliphatic heterocycles. The molecule has 0 aliphatic carbocycles. The maximum Gasteiger partial charge on any atom is 0.491 e. The van der Waals surface area contributed by atoms with Crippen LogP contribution >= 0.6 is 12.6 Å². The number of thiol groups is 1. The zero-order chi connectivity index (χ0) is 18.1. The van der Waals surface area contributed by atoms with Crippen molar-refractivity contribution in [3.8, 4) is 5.75 Å². The van der Waals surface area contributed by atoms with E-state index in [4.69, 9.17) is 19.8 Å². The Morgan fingerprint density at radius 2 is 1.88 bits per heavy atom. The van der Waals surface area contributed by atoms with Crippen LogP contribution in [0.1, 0.15) is 43.6 Å². The Balaban J connectivity index is 2.40. The smallest absolute Gasteiger partial charge is 0.491 e. The number of hydrogen-bond acceptors (Lipinski definition) is 5. The number of methoxy groups -OCH3 is 1. The molecule has 130 valence electrons. The van der Waals surface area contributed by atoms with Crippen LogP contribution in [0.15, 0.2) is 23.7 Å². The lowest BCUT2D eigenvalue weighted by atomic mass is 9.78. The summed E-state index contributed by atoms with van der Waals surface area (Å²) in [6, 6.07) is 5.18. The van der Waals surface area contributed by atoms with Crippen molar-refractivity contribution in [1.29, 1.82) is 0 Å². The second-order valence-corrected chi connectivity index (χ2v) is 7.10. The molecule has 24 heavy (non-hydrogen) atoms. The van der Waals surface area contributed by atoms with Gasteiger partial charge in [0.15, 0.2) is 0 Å². The maximum absolute atomic E-state index is 11.7. The van der Waals surface area contributed by atoms with Crippen LogP contribution in [-0.2, 0) is 9.31 Å². The van der Waals surface area contributed by atoms with Gasteiger partial charge in [0.2, 0.25) is 5.91 Å². The van der Waals surface area contributed by atoms with Crippen molar-refractivity contribution < 1.29 is 18.8 Å². The van der Waals surface area contributed by atoms with Gasteiger partial charge in [0.25, 0.3) is 0 Å². The molecule has 0 saturated carbocycles. The number of carbonyl (C=O) groups excluding carboxylic acids is 1. The van der Waals surface area contributed by atoms with Gasteiger partial charge >= 0.3 is 7.12 Å². The third-order valence-electron chi connectivity index (χ3n) is 4.61. The Kier molecular flexibility index (Phi) is 5.37. The van der Waals surface area contributed by atoms with E-state index in [1.54, 1.807) is 25.3 Å². The van der Waals surface area contributed by atoms with Crippen molar-refractivity contribution in [3.63, 3.8) is 0 Å². The standard InChI is InChI=1S/C17H24BNO4S/c1-16(2)17(3,4)23-18(22-16)12(10-24)8-11-6-7-13(21-5)9-14(11)15(19)20/h6-9,24H,10H2,1-5H3,(H2,19,20). The maximum atomic E-state index is 11.7. The van der Waals surface area contributed by atoms with Crippen LogP contribution in [0.4, 0.5) is 0 Å². The number of rotatable bonds is 5. The van der Waals surface area contributed by atoms with Gasteiger partial charge in [-0.15, -0.1) is 0 Å². The van der Waals surface area contributed by atoms with Crippen molar-refractivity contribution in [2.24, 2.45) is 5.73 Å². The number of ether oxygens (including phenoxy) is 1. The minimum Gasteiger partial charge on any atom is -0.497 e. The molecule has 0 unspecified atom stereocenters. The Labute approximate surface area is 149 Å². The van der Waals surface area contributed by atoms with Gasteiger partial charge in [0.05, 0.1) is 18.3 Å². The van der Waals surface area contributed by atoms with E-state index in [2.05, 4.69) is 12.6 Å². The number of hydrogen-bond donors (Lipinski definition) is 2. The van der Waals surface area contributed by atoms with Crippen LogP contribution in [0.5, 0.6) is 5.75 Å². The van der Waals surface area contributed by atoms with Crippen molar-refractivity contribution in [3.05, 3.63) is 34.8 Å². The summed E-state index contributed by atoms with van der Waals surface area (Å²) in [4.78, 5) is 11.7. The first kappa shape index (κ1) is 18.9. The van der Waals surface area contributed by atoms with E-state index in [1.165, 1.54) is 0 Å². The summed E-state index contributed by atoms with van der Waals surface area (Å²) in [5.41, 5.74) is 6.50. The highest BCUT2D eigenvalue weighted by Crippen LogP contribution is 2.39. The summed E-state index contributed by atoms with van der Waals surface area (Å²) in [7, 11) is 1.02.